The van der Waals surface area contributed by atoms with Gasteiger partial charge in [-0.3, -0.25) is 9.59 Å². The van der Waals surface area contributed by atoms with Crippen molar-refractivity contribution in [1.82, 2.24) is 14.9 Å². The van der Waals surface area contributed by atoms with E-state index in [2.05, 4.69) is 9.97 Å². The van der Waals surface area contributed by atoms with E-state index in [9.17, 15) is 14.0 Å². The highest BCUT2D eigenvalue weighted by atomic mass is 35.5. The Morgan fingerprint density at radius 2 is 1.94 bits per heavy atom. The van der Waals surface area contributed by atoms with Crippen LogP contribution >= 0.6 is 11.6 Å². The van der Waals surface area contributed by atoms with Crippen LogP contribution in [-0.2, 0) is 9.53 Å². The molecule has 0 radical (unpaired) electrons. The molecule has 1 atom stereocenters. The van der Waals surface area contributed by atoms with E-state index in [1.807, 2.05) is 0 Å². The first-order valence-electron chi connectivity index (χ1n) is 11.2. The van der Waals surface area contributed by atoms with Crippen molar-refractivity contribution in [3.05, 3.63) is 47.0 Å². The molecule has 1 aromatic carbocycles. The topological polar surface area (TPSA) is 112 Å². The normalized spacial score (nSPS) is 18.0. The summed E-state index contributed by atoms with van der Waals surface area (Å²) in [5.41, 5.74) is 6.25. The smallest absolute Gasteiger partial charge is 0.275 e. The molecular formula is C24H26ClFN4O4. The summed E-state index contributed by atoms with van der Waals surface area (Å²) < 4.78 is 25.1. The largest absolute Gasteiger partial charge is 0.436 e. The van der Waals surface area contributed by atoms with Gasteiger partial charge in [-0.05, 0) is 43.9 Å². The van der Waals surface area contributed by atoms with Gasteiger partial charge in [-0.1, -0.05) is 24.4 Å². The van der Waals surface area contributed by atoms with Crippen molar-refractivity contribution in [2.45, 2.75) is 50.7 Å². The minimum Gasteiger partial charge on any atom is -0.436 e. The van der Waals surface area contributed by atoms with Crippen molar-refractivity contribution in [3.63, 3.8) is 0 Å². The van der Waals surface area contributed by atoms with Gasteiger partial charge in [0.2, 0.25) is 11.8 Å². The quantitative estimate of drug-likeness (QED) is 0.584. The van der Waals surface area contributed by atoms with Gasteiger partial charge in [-0.25, -0.2) is 14.4 Å². The lowest BCUT2D eigenvalue weighted by Crippen LogP contribution is -2.36. The fourth-order valence-corrected chi connectivity index (χ4v) is 4.32. The third-order valence-electron chi connectivity index (χ3n) is 6.08. The van der Waals surface area contributed by atoms with Crippen LogP contribution in [-0.4, -0.2) is 52.5 Å². The Hall–Kier alpha value is -3.04. The fraction of sp³-hybridized carbons (Fsp3) is 0.417. The number of rotatable bonds is 4. The van der Waals surface area contributed by atoms with Crippen molar-refractivity contribution >= 4 is 34.5 Å². The SMILES string of the molecule is CN(C(=O)c1ncc(-c2nc3ccc(Cl)cc3o2)cc1F)C1CCCC1.NC(=O)[C@@H]1CCCO1. The summed E-state index contributed by atoms with van der Waals surface area (Å²) in [7, 11) is 1.71. The van der Waals surface area contributed by atoms with E-state index in [0.29, 0.717) is 28.3 Å². The van der Waals surface area contributed by atoms with Gasteiger partial charge in [0.05, 0.1) is 5.56 Å². The van der Waals surface area contributed by atoms with Gasteiger partial charge in [0.15, 0.2) is 17.1 Å². The van der Waals surface area contributed by atoms with Crippen LogP contribution in [0.5, 0.6) is 0 Å². The van der Waals surface area contributed by atoms with E-state index in [1.54, 1.807) is 30.1 Å². The fourth-order valence-electron chi connectivity index (χ4n) is 4.16. The number of carbonyl (C=O) groups is 2. The summed E-state index contributed by atoms with van der Waals surface area (Å²) in [6, 6.07) is 6.46. The number of nitrogens with zero attached hydrogens (tertiary/aromatic N) is 3. The third-order valence-corrected chi connectivity index (χ3v) is 6.32. The molecule has 0 spiro atoms. The molecule has 0 bridgehead atoms. The molecular weight excluding hydrogens is 463 g/mol. The average Bonchev–Trinajstić information content (AvgIpc) is 3.60. The van der Waals surface area contributed by atoms with Crippen LogP contribution in [0.15, 0.2) is 34.9 Å². The number of amides is 2. The molecule has 2 N–H and O–H groups in total. The van der Waals surface area contributed by atoms with Crippen molar-refractivity contribution in [2.75, 3.05) is 13.7 Å². The van der Waals surface area contributed by atoms with Crippen LogP contribution in [0.25, 0.3) is 22.6 Å². The first-order valence-corrected chi connectivity index (χ1v) is 11.6. The number of pyridine rings is 1. The van der Waals surface area contributed by atoms with Gasteiger partial charge in [-0.2, -0.15) is 0 Å². The first-order chi connectivity index (χ1) is 16.3. The maximum Gasteiger partial charge on any atom is 0.275 e. The minimum absolute atomic E-state index is 0.158. The second-order valence-corrected chi connectivity index (χ2v) is 8.88. The molecule has 2 amide bonds. The molecule has 2 fully saturated rings. The summed E-state index contributed by atoms with van der Waals surface area (Å²) >= 11 is 5.94. The number of nitrogens with two attached hydrogens (primary N) is 1. The number of carbonyl (C=O) groups excluding carboxylic acids is 2. The summed E-state index contributed by atoms with van der Waals surface area (Å²) in [5, 5.41) is 0.528. The average molecular weight is 489 g/mol. The summed E-state index contributed by atoms with van der Waals surface area (Å²) in [6.07, 6.45) is 6.97. The molecule has 34 heavy (non-hydrogen) atoms. The first kappa shape index (κ1) is 24.1. The molecule has 180 valence electrons. The van der Waals surface area contributed by atoms with Gasteiger partial charge in [0, 0.05) is 37.0 Å². The predicted octanol–water partition coefficient (Wildman–Crippen LogP) is 4.35. The van der Waals surface area contributed by atoms with Gasteiger partial charge in [0.1, 0.15) is 11.6 Å². The van der Waals surface area contributed by atoms with Crippen molar-refractivity contribution in [1.29, 1.82) is 0 Å². The zero-order valence-electron chi connectivity index (χ0n) is 18.8. The van der Waals surface area contributed by atoms with E-state index in [4.69, 9.17) is 26.5 Å². The Morgan fingerprint density at radius 3 is 2.56 bits per heavy atom. The van der Waals surface area contributed by atoms with E-state index in [-0.39, 0.29) is 29.6 Å². The summed E-state index contributed by atoms with van der Waals surface area (Å²) in [4.78, 5) is 32.8. The van der Waals surface area contributed by atoms with Crippen LogP contribution in [0.4, 0.5) is 4.39 Å². The number of benzene rings is 1. The lowest BCUT2D eigenvalue weighted by atomic mass is 10.2. The second kappa shape index (κ2) is 10.5. The number of fused-ring (bicyclic) bond motifs is 1. The Morgan fingerprint density at radius 1 is 1.18 bits per heavy atom. The molecule has 10 heteroatoms. The van der Waals surface area contributed by atoms with Crippen LogP contribution in [0, 0.1) is 5.82 Å². The highest BCUT2D eigenvalue weighted by Crippen LogP contribution is 2.28. The Balaban J connectivity index is 0.000000291. The lowest BCUT2D eigenvalue weighted by molar-refractivity contribution is -0.126. The van der Waals surface area contributed by atoms with Crippen LogP contribution in [0.1, 0.15) is 49.0 Å². The Labute approximate surface area is 201 Å². The molecule has 5 rings (SSSR count). The number of hydrogen-bond donors (Lipinski definition) is 1. The molecule has 1 aliphatic carbocycles. The molecule has 1 saturated carbocycles. The van der Waals surface area contributed by atoms with Gasteiger partial charge < -0.3 is 19.8 Å². The minimum atomic E-state index is -0.683. The number of aromatic nitrogens is 2. The Kier molecular flexibility index (Phi) is 7.43. The number of hydrogen-bond acceptors (Lipinski definition) is 6. The maximum absolute atomic E-state index is 14.6. The monoisotopic (exact) mass is 488 g/mol. The molecule has 2 aliphatic rings. The van der Waals surface area contributed by atoms with Crippen molar-refractivity contribution in [2.24, 2.45) is 5.73 Å². The van der Waals surface area contributed by atoms with E-state index in [0.717, 1.165) is 38.5 Å². The van der Waals surface area contributed by atoms with E-state index >= 15 is 0 Å². The van der Waals surface area contributed by atoms with Crippen molar-refractivity contribution in [3.8, 4) is 11.5 Å². The predicted molar refractivity (Wildman–Crippen MR) is 125 cm³/mol. The molecule has 2 aromatic heterocycles. The van der Waals surface area contributed by atoms with Gasteiger partial charge in [0.25, 0.3) is 5.91 Å². The van der Waals surface area contributed by atoms with Gasteiger partial charge >= 0.3 is 0 Å². The van der Waals surface area contributed by atoms with Crippen LogP contribution < -0.4 is 5.73 Å². The number of halogens is 2. The van der Waals surface area contributed by atoms with E-state index in [1.165, 1.54) is 12.3 Å². The zero-order valence-corrected chi connectivity index (χ0v) is 19.6. The van der Waals surface area contributed by atoms with Crippen LogP contribution in [0.3, 0.4) is 0 Å². The standard InChI is InChI=1S/C19H17ClFN3O2.C5H9NO2/c1-24(13-4-2-3-5-13)19(25)17-14(21)8-11(10-22-17)18-23-15-7-6-12(20)9-16(15)26-18;6-5(7)4-2-1-3-8-4/h6-10,13H,2-5H2,1H3;4H,1-3H2,(H2,6,7)/t;4-/m.0/s1. The van der Waals surface area contributed by atoms with E-state index < -0.39 is 11.7 Å². The maximum atomic E-state index is 14.6. The molecule has 1 aliphatic heterocycles. The highest BCUT2D eigenvalue weighted by molar-refractivity contribution is 6.31. The third kappa shape index (κ3) is 5.37. The Bertz CT molecular complexity index is 1190. The molecule has 0 unspecified atom stereocenters. The summed E-state index contributed by atoms with van der Waals surface area (Å²) in [6.45, 7) is 0.688. The zero-order chi connectivity index (χ0) is 24.2. The number of oxazole rings is 1. The van der Waals surface area contributed by atoms with Crippen molar-refractivity contribution < 1.29 is 23.1 Å². The lowest BCUT2D eigenvalue weighted by Gasteiger charge is -2.24. The molecule has 3 aromatic rings. The van der Waals surface area contributed by atoms with Crippen LogP contribution in [0.2, 0.25) is 5.02 Å². The number of ether oxygens (including phenoxy) is 1. The summed E-state index contributed by atoms with van der Waals surface area (Å²) in [5.74, 6) is -1.18. The highest BCUT2D eigenvalue weighted by Gasteiger charge is 2.27. The second-order valence-electron chi connectivity index (χ2n) is 8.44. The van der Waals surface area contributed by atoms with Gasteiger partial charge in [-0.15, -0.1) is 0 Å². The number of primary amides is 1. The molecule has 3 heterocycles. The molecule has 8 nitrogen and oxygen atoms in total. The molecule has 1 saturated heterocycles.